The number of allylic oxidation sites excluding steroid dienone is 2. The number of hydrogen-bond donors (Lipinski definition) is 0. The third-order valence-electron chi connectivity index (χ3n) is 8.63. The molecule has 0 amide bonds. The Kier molecular flexibility index (Phi) is 11.7. The second-order valence-electron chi connectivity index (χ2n) is 11.8. The van der Waals surface area contributed by atoms with Crippen molar-refractivity contribution in [1.82, 2.24) is 0 Å². The van der Waals surface area contributed by atoms with Crippen LogP contribution in [0.25, 0.3) is 0 Å². The molecular weight excluding hydrogens is 531 g/mol. The number of halogens is 5. The molecule has 0 unspecified atom stereocenters. The lowest BCUT2D eigenvalue weighted by Gasteiger charge is -2.33. The van der Waals surface area contributed by atoms with Crippen LogP contribution < -0.4 is 4.74 Å². The Morgan fingerprint density at radius 3 is 1.98 bits per heavy atom. The van der Waals surface area contributed by atoms with Crippen molar-refractivity contribution in [2.24, 2.45) is 29.6 Å². The number of unbranched alkanes of at least 4 members (excludes halogenated alkanes) is 2. The first-order valence-corrected chi connectivity index (χ1v) is 15.0. The molecule has 9 heteroatoms. The molecule has 0 aromatic heterocycles. The van der Waals surface area contributed by atoms with E-state index in [9.17, 15) is 22.0 Å². The highest BCUT2D eigenvalue weighted by atomic mass is 19.3. The van der Waals surface area contributed by atoms with Crippen LogP contribution in [0.1, 0.15) is 84.0 Å². The molecule has 1 aromatic carbocycles. The third kappa shape index (κ3) is 9.15. The van der Waals surface area contributed by atoms with Gasteiger partial charge in [-0.15, -0.1) is 0 Å². The summed E-state index contributed by atoms with van der Waals surface area (Å²) in [5.41, 5.74) is 0. The molecule has 0 atom stereocenters. The zero-order chi connectivity index (χ0) is 28.5. The second kappa shape index (κ2) is 15.0. The molecule has 1 saturated heterocycles. The van der Waals surface area contributed by atoms with Crippen LogP contribution in [0.15, 0.2) is 24.3 Å². The van der Waals surface area contributed by atoms with E-state index in [-0.39, 0.29) is 18.8 Å². The summed E-state index contributed by atoms with van der Waals surface area (Å²) >= 11 is 0. The van der Waals surface area contributed by atoms with Gasteiger partial charge in [0, 0.05) is 18.1 Å². The first kappa shape index (κ1) is 31.2. The first-order chi connectivity index (χ1) is 19.2. The van der Waals surface area contributed by atoms with Crippen LogP contribution >= 0.6 is 0 Å². The smallest absolute Gasteiger partial charge is 0.400 e. The van der Waals surface area contributed by atoms with E-state index in [0.29, 0.717) is 62.5 Å². The summed E-state index contributed by atoms with van der Waals surface area (Å²) < 4.78 is 91.2. The van der Waals surface area contributed by atoms with Crippen LogP contribution in [0, 0.1) is 47.0 Å². The van der Waals surface area contributed by atoms with Crippen molar-refractivity contribution in [3.05, 3.63) is 41.7 Å². The monoisotopic (exact) mass is 574 g/mol. The Morgan fingerprint density at radius 1 is 0.825 bits per heavy atom. The van der Waals surface area contributed by atoms with E-state index in [1.165, 1.54) is 19.3 Å². The highest BCUT2D eigenvalue weighted by molar-refractivity contribution is 5.25. The molecular formula is C31H43F5O4. The first-order valence-electron chi connectivity index (χ1n) is 15.0. The van der Waals surface area contributed by atoms with E-state index in [0.717, 1.165) is 32.1 Å². The minimum absolute atomic E-state index is 0.222. The predicted octanol–water partition coefficient (Wildman–Crippen LogP) is 8.79. The number of alkyl halides is 2. The summed E-state index contributed by atoms with van der Waals surface area (Å²) in [5.74, 6) is -4.94. The fourth-order valence-corrected chi connectivity index (χ4v) is 6.03. The van der Waals surface area contributed by atoms with Gasteiger partial charge < -0.3 is 18.9 Å². The molecule has 1 aliphatic heterocycles. The minimum atomic E-state index is -3.59. The van der Waals surface area contributed by atoms with Crippen LogP contribution in [-0.4, -0.2) is 32.4 Å². The van der Waals surface area contributed by atoms with Crippen LogP contribution in [0.2, 0.25) is 0 Å². The molecule has 1 heterocycles. The zero-order valence-electron chi connectivity index (χ0n) is 23.4. The van der Waals surface area contributed by atoms with Crippen LogP contribution in [-0.2, 0) is 14.2 Å². The molecule has 0 radical (unpaired) electrons. The summed E-state index contributed by atoms with van der Waals surface area (Å²) in [6, 6.07) is 0.896. The highest BCUT2D eigenvalue weighted by Gasteiger charge is 2.44. The van der Waals surface area contributed by atoms with Crippen molar-refractivity contribution < 1.29 is 40.9 Å². The van der Waals surface area contributed by atoms with Gasteiger partial charge in [-0.25, -0.2) is 13.2 Å². The van der Waals surface area contributed by atoms with Gasteiger partial charge >= 0.3 is 6.11 Å². The van der Waals surface area contributed by atoms with Crippen molar-refractivity contribution in [1.29, 1.82) is 0 Å². The summed E-state index contributed by atoms with van der Waals surface area (Å²) in [4.78, 5) is 0. The summed E-state index contributed by atoms with van der Waals surface area (Å²) in [5, 5.41) is 0. The molecule has 3 aliphatic rings. The van der Waals surface area contributed by atoms with E-state index in [2.05, 4.69) is 23.8 Å². The molecule has 2 aliphatic carbocycles. The quantitative estimate of drug-likeness (QED) is 0.108. The van der Waals surface area contributed by atoms with E-state index in [1.54, 1.807) is 0 Å². The van der Waals surface area contributed by atoms with E-state index in [1.807, 2.05) is 0 Å². The van der Waals surface area contributed by atoms with Crippen molar-refractivity contribution in [2.45, 2.75) is 96.6 Å². The Balaban J connectivity index is 1.11. The molecule has 2 saturated carbocycles. The molecule has 0 N–H and O–H groups in total. The van der Waals surface area contributed by atoms with Crippen molar-refractivity contribution in [3.8, 4) is 5.75 Å². The third-order valence-corrected chi connectivity index (χ3v) is 8.63. The zero-order valence-corrected chi connectivity index (χ0v) is 23.4. The topological polar surface area (TPSA) is 36.9 Å². The van der Waals surface area contributed by atoms with Gasteiger partial charge in [0.15, 0.2) is 17.5 Å². The molecule has 0 spiro atoms. The number of rotatable bonds is 12. The molecule has 1 aromatic rings. The maximum atomic E-state index is 14.7. The minimum Gasteiger partial charge on any atom is -0.432 e. The van der Waals surface area contributed by atoms with Gasteiger partial charge in [0.2, 0.25) is 0 Å². The number of hydrogen-bond acceptors (Lipinski definition) is 4. The molecule has 226 valence electrons. The largest absolute Gasteiger partial charge is 0.432 e. The van der Waals surface area contributed by atoms with Crippen molar-refractivity contribution >= 4 is 0 Å². The van der Waals surface area contributed by atoms with Gasteiger partial charge in [-0.1, -0.05) is 38.3 Å². The van der Waals surface area contributed by atoms with E-state index in [4.69, 9.17) is 14.2 Å². The highest BCUT2D eigenvalue weighted by Crippen LogP contribution is 2.41. The lowest BCUT2D eigenvalue weighted by Crippen LogP contribution is -2.37. The summed E-state index contributed by atoms with van der Waals surface area (Å²) in [6.07, 6.45) is 11.6. The summed E-state index contributed by atoms with van der Waals surface area (Å²) in [7, 11) is 0. The van der Waals surface area contributed by atoms with Crippen molar-refractivity contribution in [3.63, 3.8) is 0 Å². The lowest BCUT2D eigenvalue weighted by atomic mass is 9.79. The fraction of sp³-hybridized carbons (Fsp3) is 0.742. The van der Waals surface area contributed by atoms with E-state index < -0.39 is 41.7 Å². The lowest BCUT2D eigenvalue weighted by molar-refractivity contribution is -0.325. The predicted molar refractivity (Wildman–Crippen MR) is 141 cm³/mol. The van der Waals surface area contributed by atoms with Gasteiger partial charge in [0.05, 0.1) is 25.7 Å². The maximum absolute atomic E-state index is 14.7. The SMILES string of the molecule is CCCCCC1COC(OCC2CCC(/C=C/C3CCC(C(F)(F)Oc4cc(F)c(F)c(F)c4)CC3)CC2)OC1. The normalized spacial score (nSPS) is 30.1. The maximum Gasteiger partial charge on any atom is 0.400 e. The molecule has 4 rings (SSSR count). The van der Waals surface area contributed by atoms with Crippen LogP contribution in [0.5, 0.6) is 5.75 Å². The average molecular weight is 575 g/mol. The number of ether oxygens (including phenoxy) is 4. The molecule has 3 fully saturated rings. The van der Waals surface area contributed by atoms with Gasteiger partial charge in [-0.2, -0.15) is 8.78 Å². The van der Waals surface area contributed by atoms with Gasteiger partial charge in [0.1, 0.15) is 5.75 Å². The Bertz CT molecular complexity index is 911. The molecule has 0 bridgehead atoms. The van der Waals surface area contributed by atoms with E-state index >= 15 is 0 Å². The number of benzene rings is 1. The van der Waals surface area contributed by atoms with Gasteiger partial charge in [-0.05, 0) is 75.5 Å². The molecule has 4 nitrogen and oxygen atoms in total. The Morgan fingerprint density at radius 2 is 1.40 bits per heavy atom. The standard InChI is InChI=1S/C31H43F5O4/c1-2-3-4-5-24-19-38-30(39-20-24)37-18-23-10-8-21(9-11-23)6-7-22-12-14-25(15-13-22)31(35,36)40-26-16-27(32)29(34)28(33)17-26/h6-7,16-17,21-25,30H,2-5,8-15,18-20H2,1H3/b7-6+. The fourth-order valence-electron chi connectivity index (χ4n) is 6.03. The Hall–Kier alpha value is -1.71. The van der Waals surface area contributed by atoms with Gasteiger partial charge in [0.25, 0.3) is 6.48 Å². The Labute approximate surface area is 234 Å². The van der Waals surface area contributed by atoms with Crippen molar-refractivity contribution in [2.75, 3.05) is 19.8 Å². The van der Waals surface area contributed by atoms with Gasteiger partial charge in [-0.3, -0.25) is 0 Å². The summed E-state index contributed by atoms with van der Waals surface area (Å²) in [6.45, 7) is 3.69. The molecule has 40 heavy (non-hydrogen) atoms. The van der Waals surface area contributed by atoms with Crippen LogP contribution in [0.3, 0.4) is 0 Å². The van der Waals surface area contributed by atoms with Crippen LogP contribution in [0.4, 0.5) is 22.0 Å². The second-order valence-corrected chi connectivity index (χ2v) is 11.8. The average Bonchev–Trinajstić information content (AvgIpc) is 2.95.